The average molecular weight is 389 g/mol. The monoisotopic (exact) mass is 388 g/mol. The number of hydrogen-bond donors (Lipinski definition) is 0. The number of amides is 1. The molecule has 0 radical (unpaired) electrons. The summed E-state index contributed by atoms with van der Waals surface area (Å²) in [7, 11) is 1.68. The molecule has 2 aromatic rings. The van der Waals surface area contributed by atoms with Gasteiger partial charge in [-0.25, -0.2) is 0 Å². The normalized spacial score (nSPS) is 15.4. The maximum Gasteiger partial charge on any atom is 0.263 e. The van der Waals surface area contributed by atoms with Gasteiger partial charge in [0.15, 0.2) is 6.10 Å². The van der Waals surface area contributed by atoms with Crippen LogP contribution in [-0.2, 0) is 4.79 Å². The lowest BCUT2D eigenvalue weighted by molar-refractivity contribution is -0.138. The third kappa shape index (κ3) is 4.48. The first kappa shape index (κ1) is 19.4. The maximum atomic E-state index is 12.8. The Kier molecular flexibility index (Phi) is 6.11. The number of carbonyl (C=O) groups excluding carboxylic acids is 1. The highest BCUT2D eigenvalue weighted by Gasteiger charge is 2.27. The van der Waals surface area contributed by atoms with Crippen LogP contribution in [0.25, 0.3) is 0 Å². The first-order valence-electron chi connectivity index (χ1n) is 9.09. The first-order chi connectivity index (χ1) is 13.0. The fraction of sp³-hybridized carbons (Fsp3) is 0.381. The molecule has 0 unspecified atom stereocenters. The zero-order valence-corrected chi connectivity index (χ0v) is 16.7. The number of piperazine rings is 1. The third-order valence-corrected chi connectivity index (χ3v) is 5.23. The average Bonchev–Trinajstić information content (AvgIpc) is 2.70. The molecule has 5 nitrogen and oxygen atoms in total. The minimum atomic E-state index is -0.539. The van der Waals surface area contributed by atoms with Gasteiger partial charge in [-0.3, -0.25) is 4.79 Å². The number of halogens is 1. The largest absolute Gasteiger partial charge is 0.495 e. The molecule has 2 aromatic carbocycles. The number of anilines is 1. The topological polar surface area (TPSA) is 42.0 Å². The Morgan fingerprint density at radius 3 is 2.48 bits per heavy atom. The second kappa shape index (κ2) is 8.53. The number of para-hydroxylation sites is 2. The molecule has 1 heterocycles. The lowest BCUT2D eigenvalue weighted by Crippen LogP contribution is -2.52. The Balaban J connectivity index is 1.58. The van der Waals surface area contributed by atoms with Gasteiger partial charge in [0.1, 0.15) is 11.5 Å². The van der Waals surface area contributed by atoms with Crippen LogP contribution in [0.4, 0.5) is 5.69 Å². The summed E-state index contributed by atoms with van der Waals surface area (Å²) in [5.41, 5.74) is 1.99. The summed E-state index contributed by atoms with van der Waals surface area (Å²) in [5.74, 6) is 1.51. The molecule has 3 rings (SSSR count). The van der Waals surface area contributed by atoms with Gasteiger partial charge in [0, 0.05) is 31.2 Å². The van der Waals surface area contributed by atoms with Crippen LogP contribution in [0.5, 0.6) is 11.5 Å². The molecule has 0 bridgehead atoms. The Hall–Kier alpha value is -2.40. The van der Waals surface area contributed by atoms with Crippen molar-refractivity contribution in [2.45, 2.75) is 20.0 Å². The molecule has 0 saturated carbocycles. The maximum absolute atomic E-state index is 12.8. The van der Waals surface area contributed by atoms with Crippen LogP contribution in [-0.4, -0.2) is 50.2 Å². The molecule has 1 fully saturated rings. The molecule has 1 atom stereocenters. The number of methoxy groups -OCH3 is 1. The van der Waals surface area contributed by atoms with Crippen LogP contribution in [0.3, 0.4) is 0 Å². The third-order valence-electron chi connectivity index (χ3n) is 4.81. The molecule has 0 aromatic heterocycles. The SMILES string of the molecule is COc1ccccc1N1CCN(C(=O)[C@H](C)Oc2ccc(Cl)c(C)c2)CC1. The van der Waals surface area contributed by atoms with Crippen LogP contribution < -0.4 is 14.4 Å². The van der Waals surface area contributed by atoms with Crippen LogP contribution in [0, 0.1) is 6.92 Å². The molecule has 1 amide bonds. The van der Waals surface area contributed by atoms with Gasteiger partial charge in [0.25, 0.3) is 5.91 Å². The van der Waals surface area contributed by atoms with Crippen molar-refractivity contribution >= 4 is 23.2 Å². The fourth-order valence-electron chi connectivity index (χ4n) is 3.26. The van der Waals surface area contributed by atoms with E-state index in [1.807, 2.05) is 42.2 Å². The number of aryl methyl sites for hydroxylation is 1. The standard InChI is InChI=1S/C21H25ClN2O3/c1-15-14-17(8-9-18(15)22)27-16(2)21(25)24-12-10-23(11-13-24)19-6-4-5-7-20(19)26-3/h4-9,14,16H,10-13H2,1-3H3/t16-/m0/s1. The summed E-state index contributed by atoms with van der Waals surface area (Å²) in [6, 6.07) is 13.4. The molecule has 1 aliphatic heterocycles. The molecule has 0 aliphatic carbocycles. The van der Waals surface area contributed by atoms with Gasteiger partial charge >= 0.3 is 0 Å². The van der Waals surface area contributed by atoms with Crippen molar-refractivity contribution in [1.29, 1.82) is 0 Å². The molecule has 0 N–H and O–H groups in total. The smallest absolute Gasteiger partial charge is 0.263 e. The van der Waals surface area contributed by atoms with Crippen molar-refractivity contribution in [3.8, 4) is 11.5 Å². The van der Waals surface area contributed by atoms with Gasteiger partial charge in [-0.1, -0.05) is 23.7 Å². The molecule has 144 valence electrons. The molecule has 1 saturated heterocycles. The van der Waals surface area contributed by atoms with E-state index in [9.17, 15) is 4.79 Å². The lowest BCUT2D eigenvalue weighted by Gasteiger charge is -2.37. The van der Waals surface area contributed by atoms with Gasteiger partial charge in [-0.15, -0.1) is 0 Å². The van der Waals surface area contributed by atoms with Gasteiger partial charge in [-0.2, -0.15) is 0 Å². The number of rotatable bonds is 5. The van der Waals surface area contributed by atoms with Crippen LogP contribution in [0.1, 0.15) is 12.5 Å². The van der Waals surface area contributed by atoms with E-state index in [1.165, 1.54) is 0 Å². The molecular weight excluding hydrogens is 364 g/mol. The summed E-state index contributed by atoms with van der Waals surface area (Å²) in [5, 5.41) is 0.689. The van der Waals surface area contributed by atoms with Crippen molar-refractivity contribution < 1.29 is 14.3 Å². The van der Waals surface area contributed by atoms with E-state index in [0.29, 0.717) is 23.9 Å². The Morgan fingerprint density at radius 2 is 1.81 bits per heavy atom. The summed E-state index contributed by atoms with van der Waals surface area (Å²) in [6.07, 6.45) is -0.539. The number of ether oxygens (including phenoxy) is 2. The molecule has 6 heteroatoms. The van der Waals surface area contributed by atoms with E-state index < -0.39 is 6.10 Å². The van der Waals surface area contributed by atoms with Crippen LogP contribution >= 0.6 is 11.6 Å². The number of hydrogen-bond acceptors (Lipinski definition) is 4. The minimum absolute atomic E-state index is 0.00211. The first-order valence-corrected chi connectivity index (χ1v) is 9.47. The molecule has 1 aliphatic rings. The number of carbonyl (C=O) groups is 1. The van der Waals surface area contributed by atoms with E-state index in [0.717, 1.165) is 30.1 Å². The molecular formula is C21H25ClN2O3. The Bertz CT molecular complexity index is 804. The summed E-state index contributed by atoms with van der Waals surface area (Å²) in [6.45, 7) is 6.55. The highest BCUT2D eigenvalue weighted by molar-refractivity contribution is 6.31. The predicted octanol–water partition coefficient (Wildman–Crippen LogP) is 3.77. The zero-order valence-electron chi connectivity index (χ0n) is 15.9. The highest BCUT2D eigenvalue weighted by Crippen LogP contribution is 2.28. The highest BCUT2D eigenvalue weighted by atomic mass is 35.5. The van der Waals surface area contributed by atoms with Gasteiger partial charge < -0.3 is 19.3 Å². The van der Waals surface area contributed by atoms with Gasteiger partial charge in [-0.05, 0) is 49.7 Å². The molecule has 0 spiro atoms. The molecule has 27 heavy (non-hydrogen) atoms. The van der Waals surface area contributed by atoms with E-state index in [1.54, 1.807) is 26.2 Å². The van der Waals surface area contributed by atoms with Gasteiger partial charge in [0.05, 0.1) is 12.8 Å². The summed E-state index contributed by atoms with van der Waals surface area (Å²) >= 11 is 6.04. The lowest BCUT2D eigenvalue weighted by atomic mass is 10.2. The number of benzene rings is 2. The minimum Gasteiger partial charge on any atom is -0.495 e. The summed E-state index contributed by atoms with van der Waals surface area (Å²) < 4.78 is 11.3. The fourth-order valence-corrected chi connectivity index (χ4v) is 3.38. The van der Waals surface area contributed by atoms with E-state index >= 15 is 0 Å². The Morgan fingerprint density at radius 1 is 1.11 bits per heavy atom. The van der Waals surface area contributed by atoms with E-state index in [2.05, 4.69) is 4.90 Å². The van der Waals surface area contributed by atoms with Crippen LogP contribution in [0.15, 0.2) is 42.5 Å². The number of nitrogens with zero attached hydrogens (tertiary/aromatic N) is 2. The quantitative estimate of drug-likeness (QED) is 0.781. The van der Waals surface area contributed by atoms with Crippen LogP contribution in [0.2, 0.25) is 5.02 Å². The van der Waals surface area contributed by atoms with Crippen molar-refractivity contribution in [3.05, 3.63) is 53.1 Å². The second-order valence-electron chi connectivity index (χ2n) is 6.66. The van der Waals surface area contributed by atoms with Crippen molar-refractivity contribution in [1.82, 2.24) is 4.90 Å². The summed E-state index contributed by atoms with van der Waals surface area (Å²) in [4.78, 5) is 16.9. The Labute approximate surface area is 165 Å². The second-order valence-corrected chi connectivity index (χ2v) is 7.06. The van der Waals surface area contributed by atoms with E-state index in [-0.39, 0.29) is 5.91 Å². The van der Waals surface area contributed by atoms with Crippen molar-refractivity contribution in [3.63, 3.8) is 0 Å². The predicted molar refractivity (Wildman–Crippen MR) is 108 cm³/mol. The van der Waals surface area contributed by atoms with Gasteiger partial charge in [0.2, 0.25) is 0 Å². The van der Waals surface area contributed by atoms with Crippen molar-refractivity contribution in [2.24, 2.45) is 0 Å². The van der Waals surface area contributed by atoms with E-state index in [4.69, 9.17) is 21.1 Å². The van der Waals surface area contributed by atoms with Crippen molar-refractivity contribution in [2.75, 3.05) is 38.2 Å². The zero-order chi connectivity index (χ0) is 19.4.